The molecule has 0 spiro atoms. The van der Waals surface area contributed by atoms with Gasteiger partial charge in [-0.2, -0.15) is 5.21 Å². The molecule has 0 unspecified atom stereocenters. The molecule has 0 saturated carbocycles. The number of tetrazole rings is 1. The third-order valence-electron chi connectivity index (χ3n) is 6.38. The molecule has 0 fully saturated rings. The van der Waals surface area contributed by atoms with Crippen molar-refractivity contribution >= 4 is 5.97 Å². The number of hydrogen-bond acceptors (Lipinski definition) is 11. The zero-order valence-electron chi connectivity index (χ0n) is 22.9. The van der Waals surface area contributed by atoms with Crippen LogP contribution < -0.4 is 5.82 Å². The van der Waals surface area contributed by atoms with Crippen molar-refractivity contribution in [2.75, 3.05) is 7.11 Å². The van der Waals surface area contributed by atoms with E-state index in [9.17, 15) is 14.7 Å². The smallest absolute Gasteiger partial charge is 0.453 e. The number of aryl methyl sites for hydroxylation is 1. The number of imidazole rings is 1. The van der Waals surface area contributed by atoms with E-state index in [4.69, 9.17) is 18.3 Å². The van der Waals surface area contributed by atoms with Gasteiger partial charge >= 0.3 is 11.8 Å². The Morgan fingerprint density at radius 1 is 1.07 bits per heavy atom. The highest BCUT2D eigenvalue weighted by Crippen LogP contribution is 2.31. The minimum atomic E-state index is -1.47. The maximum absolute atomic E-state index is 13.4. The molecule has 0 aliphatic carbocycles. The van der Waals surface area contributed by atoms with Crippen LogP contribution in [0.5, 0.6) is 0 Å². The average molecular weight is 561 g/mol. The fourth-order valence-electron chi connectivity index (χ4n) is 4.43. The summed E-state index contributed by atoms with van der Waals surface area (Å²) in [5.41, 5.74) is 2.26. The molecule has 2 aromatic carbocycles. The molecular weight excluding hydrogens is 532 g/mol. The molecule has 2 N–H and O–H groups in total. The maximum Gasteiger partial charge on any atom is 0.519 e. The molecule has 0 bridgehead atoms. The quantitative estimate of drug-likeness (QED) is 0.240. The molecule has 0 aliphatic heterocycles. The summed E-state index contributed by atoms with van der Waals surface area (Å²) in [4.78, 5) is 29.4. The fourth-order valence-corrected chi connectivity index (χ4v) is 4.43. The number of H-pyrrole nitrogens is 1. The van der Waals surface area contributed by atoms with Gasteiger partial charge in [0, 0.05) is 19.2 Å². The van der Waals surface area contributed by atoms with Crippen LogP contribution in [-0.4, -0.2) is 48.4 Å². The Labute approximate surface area is 233 Å². The largest absolute Gasteiger partial charge is 0.519 e. The number of aliphatic hydroxyl groups is 1. The van der Waals surface area contributed by atoms with Crippen LogP contribution in [0.25, 0.3) is 22.5 Å². The summed E-state index contributed by atoms with van der Waals surface area (Å²) in [6, 6.07) is 15.5. The summed E-state index contributed by atoms with van der Waals surface area (Å²) in [6.45, 7) is 4.58. The predicted octanol–water partition coefficient (Wildman–Crippen LogP) is 3.36. The average Bonchev–Trinajstić information content (AvgIpc) is 3.67. The van der Waals surface area contributed by atoms with E-state index in [2.05, 4.69) is 25.6 Å². The van der Waals surface area contributed by atoms with Gasteiger partial charge in [-0.3, -0.25) is 0 Å². The van der Waals surface area contributed by atoms with Crippen LogP contribution in [0.4, 0.5) is 0 Å². The van der Waals surface area contributed by atoms with E-state index in [0.717, 1.165) is 22.3 Å². The molecule has 3 heterocycles. The van der Waals surface area contributed by atoms with Crippen molar-refractivity contribution in [1.82, 2.24) is 30.2 Å². The molecule has 0 amide bonds. The number of methoxy groups -OCH3 is 1. The molecule has 0 aliphatic rings. The highest BCUT2D eigenvalue weighted by Gasteiger charge is 2.33. The number of aromatic amines is 1. The molecule has 5 rings (SSSR count). The Kier molecular flexibility index (Phi) is 7.64. The number of hydrogen-bond donors (Lipinski definition) is 2. The SMILES string of the molecule is COCc1nc(C(C)(C)O)c(C(=O)OCc2oc(=O)oc2C)n1Cc1ccc(-c2ccccc2-c2nn[nH]n2)cc1. The number of rotatable bonds is 10. The van der Waals surface area contributed by atoms with Crippen molar-refractivity contribution in [3.05, 3.63) is 93.4 Å². The normalized spacial score (nSPS) is 11.6. The molecule has 3 aromatic heterocycles. The Morgan fingerprint density at radius 2 is 1.80 bits per heavy atom. The van der Waals surface area contributed by atoms with E-state index in [1.165, 1.54) is 27.9 Å². The van der Waals surface area contributed by atoms with Crippen LogP contribution in [0.1, 0.15) is 52.9 Å². The zero-order chi connectivity index (χ0) is 29.1. The van der Waals surface area contributed by atoms with Gasteiger partial charge in [-0.15, -0.1) is 10.2 Å². The minimum absolute atomic E-state index is 0.0552. The van der Waals surface area contributed by atoms with Crippen LogP contribution in [0.2, 0.25) is 0 Å². The molecule has 41 heavy (non-hydrogen) atoms. The van der Waals surface area contributed by atoms with Crippen LogP contribution in [0.3, 0.4) is 0 Å². The minimum Gasteiger partial charge on any atom is -0.453 e. The first-order valence-electron chi connectivity index (χ1n) is 12.7. The Morgan fingerprint density at radius 3 is 2.41 bits per heavy atom. The molecular formula is C28H28N6O7. The standard InChI is InChI=1S/C28H28N6O7/c1-16-21(41-27(36)40-16)14-39-26(35)23-24(28(2,3)37)29-22(15-38-4)34(23)13-17-9-11-18(12-10-17)19-7-5-6-8-20(19)25-30-32-33-31-25/h5-12,37H,13-15H2,1-4H3,(H,30,31,32,33). The molecule has 0 atom stereocenters. The molecule has 5 aromatic rings. The van der Waals surface area contributed by atoms with E-state index in [0.29, 0.717) is 11.6 Å². The van der Waals surface area contributed by atoms with Crippen LogP contribution in [0.15, 0.2) is 62.2 Å². The molecule has 13 heteroatoms. The fraction of sp³-hybridized carbons (Fsp3) is 0.286. The summed E-state index contributed by atoms with van der Waals surface area (Å²) in [7, 11) is 1.51. The van der Waals surface area contributed by atoms with Gasteiger partial charge in [-0.1, -0.05) is 48.5 Å². The lowest BCUT2D eigenvalue weighted by Gasteiger charge is -2.17. The summed E-state index contributed by atoms with van der Waals surface area (Å²) in [5.74, 6) is -0.436. The Bertz CT molecular complexity index is 1710. The zero-order valence-corrected chi connectivity index (χ0v) is 22.9. The number of aromatic nitrogens is 6. The number of nitrogens with one attached hydrogen (secondary N) is 1. The number of carbonyl (C=O) groups is 1. The highest BCUT2D eigenvalue weighted by atomic mass is 16.6. The van der Waals surface area contributed by atoms with Gasteiger partial charge in [0.25, 0.3) is 0 Å². The van der Waals surface area contributed by atoms with E-state index >= 15 is 0 Å². The third-order valence-corrected chi connectivity index (χ3v) is 6.38. The van der Waals surface area contributed by atoms with Gasteiger partial charge < -0.3 is 28.0 Å². The van der Waals surface area contributed by atoms with Gasteiger partial charge in [0.15, 0.2) is 23.8 Å². The number of carbonyl (C=O) groups excluding carboxylic acids is 1. The van der Waals surface area contributed by atoms with Crippen LogP contribution in [-0.2, 0) is 34.8 Å². The lowest BCUT2D eigenvalue weighted by molar-refractivity contribution is 0.0395. The second-order valence-electron chi connectivity index (χ2n) is 9.79. The van der Waals surface area contributed by atoms with Crippen molar-refractivity contribution < 1.29 is 28.2 Å². The van der Waals surface area contributed by atoms with Crippen molar-refractivity contribution in [3.63, 3.8) is 0 Å². The number of esters is 1. The molecule has 212 valence electrons. The monoisotopic (exact) mass is 560 g/mol. The number of benzene rings is 2. The predicted molar refractivity (Wildman–Crippen MR) is 143 cm³/mol. The summed E-state index contributed by atoms with van der Waals surface area (Å²) >= 11 is 0. The number of ether oxygens (including phenoxy) is 2. The van der Waals surface area contributed by atoms with Gasteiger partial charge in [0.05, 0.1) is 0 Å². The van der Waals surface area contributed by atoms with Crippen molar-refractivity contribution in [2.45, 2.75) is 46.1 Å². The molecule has 13 nitrogen and oxygen atoms in total. The van der Waals surface area contributed by atoms with Crippen molar-refractivity contribution in [2.24, 2.45) is 0 Å². The van der Waals surface area contributed by atoms with Gasteiger partial charge in [-0.05, 0) is 42.7 Å². The van der Waals surface area contributed by atoms with Crippen LogP contribution >= 0.6 is 0 Å². The first-order valence-corrected chi connectivity index (χ1v) is 12.7. The summed E-state index contributed by atoms with van der Waals surface area (Å²) in [5, 5.41) is 25.2. The van der Waals surface area contributed by atoms with Gasteiger partial charge in [-0.25, -0.2) is 14.6 Å². The van der Waals surface area contributed by atoms with Crippen molar-refractivity contribution in [1.29, 1.82) is 0 Å². The lowest BCUT2D eigenvalue weighted by Crippen LogP contribution is -2.23. The second-order valence-corrected chi connectivity index (χ2v) is 9.79. The van der Waals surface area contributed by atoms with Crippen LogP contribution in [0, 0.1) is 6.92 Å². The Hall–Kier alpha value is -4.88. The number of nitrogens with zero attached hydrogens (tertiary/aromatic N) is 5. The van der Waals surface area contributed by atoms with Gasteiger partial charge in [0.1, 0.15) is 23.7 Å². The van der Waals surface area contributed by atoms with Crippen molar-refractivity contribution in [3.8, 4) is 22.5 Å². The first-order chi connectivity index (χ1) is 19.7. The second kappa shape index (κ2) is 11.3. The Balaban J connectivity index is 1.48. The highest BCUT2D eigenvalue weighted by molar-refractivity contribution is 5.89. The van der Waals surface area contributed by atoms with E-state index < -0.39 is 17.4 Å². The third kappa shape index (κ3) is 5.85. The molecule has 0 radical (unpaired) electrons. The summed E-state index contributed by atoms with van der Waals surface area (Å²) < 4.78 is 22.3. The van der Waals surface area contributed by atoms with E-state index in [1.807, 2.05) is 48.5 Å². The molecule has 0 saturated heterocycles. The summed E-state index contributed by atoms with van der Waals surface area (Å²) in [6.07, 6.45) is 0. The topological polar surface area (TPSA) is 171 Å². The lowest BCUT2D eigenvalue weighted by atomic mass is 9.98. The van der Waals surface area contributed by atoms with Gasteiger partial charge in [0.2, 0.25) is 5.82 Å². The van der Waals surface area contributed by atoms with E-state index in [1.54, 1.807) is 4.57 Å². The maximum atomic E-state index is 13.4. The van der Waals surface area contributed by atoms with E-state index in [-0.39, 0.29) is 42.7 Å². The first kappa shape index (κ1) is 27.7.